The molecule has 2 rings (SSSR count). The Morgan fingerprint density at radius 3 is 2.38 bits per heavy atom. The number of benzene rings is 1. The Morgan fingerprint density at radius 1 is 1.24 bits per heavy atom. The van der Waals surface area contributed by atoms with Crippen LogP contribution in [-0.2, 0) is 6.18 Å². The molecule has 0 spiro atoms. The molecule has 0 saturated carbocycles. The summed E-state index contributed by atoms with van der Waals surface area (Å²) in [4.78, 5) is 0. The maximum atomic E-state index is 12.8. The van der Waals surface area contributed by atoms with E-state index in [-0.39, 0.29) is 17.0 Å². The van der Waals surface area contributed by atoms with Gasteiger partial charge in [0.2, 0.25) is 5.88 Å². The summed E-state index contributed by atoms with van der Waals surface area (Å²) < 4.78 is 48.4. The van der Waals surface area contributed by atoms with Crippen molar-refractivity contribution in [3.63, 3.8) is 0 Å². The van der Waals surface area contributed by atoms with Gasteiger partial charge >= 0.3 is 6.18 Å². The van der Waals surface area contributed by atoms with Crippen molar-refractivity contribution >= 4 is 5.88 Å². The van der Waals surface area contributed by atoms with Gasteiger partial charge in [-0.2, -0.15) is 13.2 Å². The number of ether oxygens (including phenoxy) is 1. The third-order valence-corrected chi connectivity index (χ3v) is 2.71. The first-order chi connectivity index (χ1) is 9.79. The zero-order valence-electron chi connectivity index (χ0n) is 11.6. The van der Waals surface area contributed by atoms with Crippen LogP contribution in [0, 0.1) is 5.92 Å². The number of aromatic nitrogens is 1. The molecule has 0 saturated heterocycles. The monoisotopic (exact) mass is 300 g/mol. The van der Waals surface area contributed by atoms with Crippen molar-refractivity contribution in [3.8, 4) is 16.9 Å². The Balaban J connectivity index is 2.29. The first kappa shape index (κ1) is 15.2. The van der Waals surface area contributed by atoms with E-state index in [0.29, 0.717) is 18.3 Å². The van der Waals surface area contributed by atoms with Crippen LogP contribution in [0.25, 0.3) is 11.1 Å². The number of hydrogen-bond acceptors (Lipinski definition) is 4. The number of rotatable bonds is 4. The molecule has 0 atom stereocenters. The zero-order chi connectivity index (χ0) is 15.6. The molecule has 0 radical (unpaired) electrons. The second kappa shape index (κ2) is 5.67. The summed E-state index contributed by atoms with van der Waals surface area (Å²) in [6, 6.07) is 6.16. The van der Waals surface area contributed by atoms with E-state index in [9.17, 15) is 13.2 Å². The molecule has 0 bridgehead atoms. The lowest BCUT2D eigenvalue weighted by Gasteiger charge is -2.10. The number of alkyl halides is 3. The molecule has 7 heteroatoms. The molecule has 0 fully saturated rings. The van der Waals surface area contributed by atoms with Gasteiger partial charge in [-0.25, -0.2) is 0 Å². The quantitative estimate of drug-likeness (QED) is 0.927. The molecule has 0 aliphatic carbocycles. The van der Waals surface area contributed by atoms with Crippen LogP contribution in [0.4, 0.5) is 19.1 Å². The summed E-state index contributed by atoms with van der Waals surface area (Å²) >= 11 is 0. The fourth-order valence-corrected chi connectivity index (χ4v) is 1.76. The summed E-state index contributed by atoms with van der Waals surface area (Å²) in [5, 5.41) is 2.99. The number of hydrogen-bond donors (Lipinski definition) is 1. The largest absolute Gasteiger partial charge is 0.493 e. The molecule has 0 amide bonds. The Bertz CT molecular complexity index is 604. The summed E-state index contributed by atoms with van der Waals surface area (Å²) in [6.45, 7) is 4.53. The maximum absolute atomic E-state index is 12.8. The smallest absolute Gasteiger partial charge is 0.437 e. The molecule has 0 aliphatic heterocycles. The lowest BCUT2D eigenvalue weighted by molar-refractivity contribution is -0.142. The Labute approximate surface area is 119 Å². The highest BCUT2D eigenvalue weighted by molar-refractivity contribution is 5.75. The van der Waals surface area contributed by atoms with Gasteiger partial charge in [0.25, 0.3) is 0 Å². The average Bonchev–Trinajstić information content (AvgIpc) is 2.79. The fraction of sp³-hybridized carbons (Fsp3) is 0.357. The third kappa shape index (κ3) is 3.48. The highest BCUT2D eigenvalue weighted by atomic mass is 19.4. The minimum absolute atomic E-state index is 0.252. The van der Waals surface area contributed by atoms with Crippen LogP contribution in [0.5, 0.6) is 5.75 Å². The first-order valence-electron chi connectivity index (χ1n) is 6.34. The van der Waals surface area contributed by atoms with E-state index in [4.69, 9.17) is 10.5 Å². The van der Waals surface area contributed by atoms with Gasteiger partial charge in [0.1, 0.15) is 5.75 Å². The number of nitrogen functional groups attached to an aromatic ring is 1. The summed E-state index contributed by atoms with van der Waals surface area (Å²) in [6.07, 6.45) is -4.62. The predicted molar refractivity (Wildman–Crippen MR) is 71.7 cm³/mol. The van der Waals surface area contributed by atoms with Crippen LogP contribution in [0.15, 0.2) is 28.8 Å². The molecule has 1 aromatic heterocycles. The van der Waals surface area contributed by atoms with E-state index in [0.717, 1.165) is 0 Å². The predicted octanol–water partition coefficient (Wildman–Crippen LogP) is 3.98. The lowest BCUT2D eigenvalue weighted by atomic mass is 10.1. The molecule has 0 unspecified atom stereocenters. The minimum atomic E-state index is -4.62. The zero-order valence-corrected chi connectivity index (χ0v) is 11.6. The molecule has 0 aliphatic rings. The van der Waals surface area contributed by atoms with Gasteiger partial charge in [0.05, 0.1) is 12.2 Å². The Kier molecular flexibility index (Phi) is 4.11. The van der Waals surface area contributed by atoms with E-state index in [1.165, 1.54) is 12.1 Å². The highest BCUT2D eigenvalue weighted by Crippen LogP contribution is 2.39. The van der Waals surface area contributed by atoms with Gasteiger partial charge in [0.15, 0.2) is 5.69 Å². The fourth-order valence-electron chi connectivity index (χ4n) is 1.76. The van der Waals surface area contributed by atoms with Crippen LogP contribution >= 0.6 is 0 Å². The second-order valence-electron chi connectivity index (χ2n) is 5.00. The van der Waals surface area contributed by atoms with Crippen LogP contribution in [0.2, 0.25) is 0 Å². The first-order valence-corrected chi connectivity index (χ1v) is 6.34. The standard InChI is InChI=1S/C14H15F3N2O2/c1-8(2)7-20-10-5-3-9(4-6-10)11-12(14(15,16)17)19-21-13(11)18/h3-6,8H,7,18H2,1-2H3. The normalized spacial score (nSPS) is 11.9. The van der Waals surface area contributed by atoms with Gasteiger partial charge < -0.3 is 15.0 Å². The van der Waals surface area contributed by atoms with Crippen LogP contribution in [0.3, 0.4) is 0 Å². The molecule has 1 aromatic carbocycles. The molecule has 1 heterocycles. The van der Waals surface area contributed by atoms with Gasteiger partial charge in [-0.3, -0.25) is 0 Å². The summed E-state index contributed by atoms with van der Waals surface area (Å²) in [5.41, 5.74) is 4.34. The van der Waals surface area contributed by atoms with Gasteiger partial charge in [-0.05, 0) is 23.6 Å². The average molecular weight is 300 g/mol. The van der Waals surface area contributed by atoms with Crippen LogP contribution in [0.1, 0.15) is 19.5 Å². The number of anilines is 1. The number of nitrogens with two attached hydrogens (primary N) is 1. The van der Waals surface area contributed by atoms with E-state index < -0.39 is 11.9 Å². The van der Waals surface area contributed by atoms with Crippen molar-refractivity contribution in [1.82, 2.24) is 5.16 Å². The second-order valence-corrected chi connectivity index (χ2v) is 5.00. The Morgan fingerprint density at radius 2 is 1.86 bits per heavy atom. The van der Waals surface area contributed by atoms with Gasteiger partial charge in [0, 0.05) is 0 Å². The lowest BCUT2D eigenvalue weighted by Crippen LogP contribution is -2.07. The van der Waals surface area contributed by atoms with Crippen molar-refractivity contribution in [2.45, 2.75) is 20.0 Å². The van der Waals surface area contributed by atoms with Crippen molar-refractivity contribution in [2.75, 3.05) is 12.3 Å². The van der Waals surface area contributed by atoms with Crippen LogP contribution < -0.4 is 10.5 Å². The molecular formula is C14H15F3N2O2. The van der Waals surface area contributed by atoms with Gasteiger partial charge in [-0.1, -0.05) is 31.1 Å². The number of nitrogens with zero attached hydrogens (tertiary/aromatic N) is 1. The topological polar surface area (TPSA) is 61.3 Å². The van der Waals surface area contributed by atoms with Crippen molar-refractivity contribution in [2.24, 2.45) is 5.92 Å². The van der Waals surface area contributed by atoms with Crippen molar-refractivity contribution in [1.29, 1.82) is 0 Å². The van der Waals surface area contributed by atoms with Crippen LogP contribution in [-0.4, -0.2) is 11.8 Å². The summed E-state index contributed by atoms with van der Waals surface area (Å²) in [7, 11) is 0. The van der Waals surface area contributed by atoms with E-state index in [1.807, 2.05) is 13.8 Å². The Hall–Kier alpha value is -2.18. The molecule has 2 N–H and O–H groups in total. The van der Waals surface area contributed by atoms with E-state index >= 15 is 0 Å². The number of halogens is 3. The molecule has 21 heavy (non-hydrogen) atoms. The molecule has 114 valence electrons. The molecular weight excluding hydrogens is 285 g/mol. The van der Waals surface area contributed by atoms with E-state index in [1.54, 1.807) is 12.1 Å². The van der Waals surface area contributed by atoms with Crippen molar-refractivity contribution in [3.05, 3.63) is 30.0 Å². The van der Waals surface area contributed by atoms with E-state index in [2.05, 4.69) is 9.68 Å². The maximum Gasteiger partial charge on any atom is 0.437 e. The molecule has 4 nitrogen and oxygen atoms in total. The summed E-state index contributed by atoms with van der Waals surface area (Å²) in [5.74, 6) is 0.574. The minimum Gasteiger partial charge on any atom is -0.493 e. The highest BCUT2D eigenvalue weighted by Gasteiger charge is 2.39. The van der Waals surface area contributed by atoms with Crippen molar-refractivity contribution < 1.29 is 22.4 Å². The molecule has 2 aromatic rings. The third-order valence-electron chi connectivity index (χ3n) is 2.71. The SMILES string of the molecule is CC(C)COc1ccc(-c2c(C(F)(F)F)noc2N)cc1. The van der Waals surface area contributed by atoms with Gasteiger partial charge in [-0.15, -0.1) is 0 Å².